The van der Waals surface area contributed by atoms with E-state index >= 15 is 0 Å². The molecule has 0 amide bonds. The van der Waals surface area contributed by atoms with Crippen molar-refractivity contribution >= 4 is 15.8 Å². The molecule has 2 N–H and O–H groups in total. The summed E-state index contributed by atoms with van der Waals surface area (Å²) >= 11 is 0. The Balaban J connectivity index is 1.70. The van der Waals surface area contributed by atoms with Gasteiger partial charge in [0.25, 0.3) is 0 Å². The molecule has 1 heterocycles. The number of nitrogens with zero attached hydrogens (tertiary/aromatic N) is 2. The highest BCUT2D eigenvalue weighted by atomic mass is 32.2. The van der Waals surface area contributed by atoms with Crippen LogP contribution < -0.4 is 10.6 Å². The fraction of sp³-hybridized carbons (Fsp3) is 0.632. The second-order valence-corrected chi connectivity index (χ2v) is 9.02. The van der Waals surface area contributed by atoms with Crippen molar-refractivity contribution in [2.45, 2.75) is 50.1 Å². The van der Waals surface area contributed by atoms with Gasteiger partial charge in [0.05, 0.1) is 4.90 Å². The Morgan fingerprint density at radius 3 is 2.58 bits per heavy atom. The van der Waals surface area contributed by atoms with E-state index in [0.29, 0.717) is 17.5 Å². The first-order chi connectivity index (χ1) is 12.4. The smallest absolute Gasteiger partial charge is 0.191 e. The van der Waals surface area contributed by atoms with Gasteiger partial charge in [0.15, 0.2) is 15.8 Å². The minimum absolute atomic E-state index is 0.343. The van der Waals surface area contributed by atoms with Crippen LogP contribution in [0.5, 0.6) is 0 Å². The molecule has 7 heteroatoms. The third-order valence-corrected chi connectivity index (χ3v) is 6.02. The largest absolute Gasteiger partial charge is 0.356 e. The molecule has 0 saturated carbocycles. The number of aliphatic imine (C=N–C) groups is 1. The van der Waals surface area contributed by atoms with Gasteiger partial charge in [-0.1, -0.05) is 18.6 Å². The van der Waals surface area contributed by atoms with Crippen LogP contribution in [0.1, 0.15) is 38.2 Å². The van der Waals surface area contributed by atoms with Crippen molar-refractivity contribution < 1.29 is 8.42 Å². The fourth-order valence-electron chi connectivity index (χ4n) is 3.24. The highest BCUT2D eigenvalue weighted by molar-refractivity contribution is 7.90. The summed E-state index contributed by atoms with van der Waals surface area (Å²) in [6, 6.07) is 7.64. The predicted molar refractivity (Wildman–Crippen MR) is 107 cm³/mol. The minimum Gasteiger partial charge on any atom is -0.356 e. The van der Waals surface area contributed by atoms with Gasteiger partial charge in [0.2, 0.25) is 0 Å². The quantitative estimate of drug-likeness (QED) is 0.430. The lowest BCUT2D eigenvalue weighted by Gasteiger charge is -2.33. The predicted octanol–water partition coefficient (Wildman–Crippen LogP) is 2.02. The van der Waals surface area contributed by atoms with Gasteiger partial charge in [-0.15, -0.1) is 0 Å². The van der Waals surface area contributed by atoms with Gasteiger partial charge in [-0.25, -0.2) is 8.42 Å². The molecule has 0 aromatic heterocycles. The van der Waals surface area contributed by atoms with Crippen molar-refractivity contribution in [3.05, 3.63) is 29.8 Å². The van der Waals surface area contributed by atoms with Crippen LogP contribution in [-0.4, -0.2) is 58.3 Å². The molecule has 1 saturated heterocycles. The second-order valence-electron chi connectivity index (χ2n) is 7.00. The molecule has 6 nitrogen and oxygen atoms in total. The van der Waals surface area contributed by atoms with E-state index in [1.54, 1.807) is 19.2 Å². The summed E-state index contributed by atoms with van der Waals surface area (Å²) in [5.41, 5.74) is 1.02. The highest BCUT2D eigenvalue weighted by Gasteiger charge is 2.17. The van der Waals surface area contributed by atoms with Crippen LogP contribution >= 0.6 is 0 Å². The van der Waals surface area contributed by atoms with Crippen molar-refractivity contribution in [3.8, 4) is 0 Å². The second kappa shape index (κ2) is 9.92. The van der Waals surface area contributed by atoms with Gasteiger partial charge in [-0.2, -0.15) is 0 Å². The summed E-state index contributed by atoms with van der Waals surface area (Å²) < 4.78 is 23.0. The topological polar surface area (TPSA) is 73.8 Å². The third-order valence-electron chi connectivity index (χ3n) is 4.89. The zero-order valence-electron chi connectivity index (χ0n) is 16.2. The Labute approximate surface area is 158 Å². The molecular formula is C19H32N4O2S. The standard InChI is InChI=1S/C19H32N4O2S/c1-16-7-4-5-13-23(16)14-6-12-21-19(20-2)22-15-17-8-10-18(11-9-17)26(3,24)25/h8-11,16H,4-7,12-15H2,1-3H3,(H2,20,21,22). The molecule has 0 radical (unpaired) electrons. The van der Waals surface area contributed by atoms with E-state index in [2.05, 4.69) is 27.4 Å². The van der Waals surface area contributed by atoms with Crippen molar-refractivity contribution in [1.82, 2.24) is 15.5 Å². The average molecular weight is 381 g/mol. The normalized spacial score (nSPS) is 19.3. The zero-order chi connectivity index (χ0) is 19.0. The van der Waals surface area contributed by atoms with E-state index in [1.807, 2.05) is 12.1 Å². The molecule has 26 heavy (non-hydrogen) atoms. The lowest BCUT2D eigenvalue weighted by Crippen LogP contribution is -2.41. The number of rotatable bonds is 7. The first-order valence-corrected chi connectivity index (χ1v) is 11.3. The molecule has 0 bridgehead atoms. The van der Waals surface area contributed by atoms with E-state index in [1.165, 1.54) is 32.1 Å². The van der Waals surface area contributed by atoms with Crippen LogP contribution in [0.4, 0.5) is 0 Å². The van der Waals surface area contributed by atoms with Crippen LogP contribution in [0.15, 0.2) is 34.2 Å². The molecule has 1 aliphatic heterocycles. The van der Waals surface area contributed by atoms with E-state index in [0.717, 1.165) is 31.0 Å². The van der Waals surface area contributed by atoms with E-state index in [-0.39, 0.29) is 0 Å². The monoisotopic (exact) mass is 380 g/mol. The van der Waals surface area contributed by atoms with Gasteiger partial charge >= 0.3 is 0 Å². The van der Waals surface area contributed by atoms with Gasteiger partial charge in [0.1, 0.15) is 0 Å². The Morgan fingerprint density at radius 1 is 1.23 bits per heavy atom. The van der Waals surface area contributed by atoms with E-state index in [9.17, 15) is 8.42 Å². The Kier molecular flexibility index (Phi) is 7.90. The number of sulfone groups is 1. The van der Waals surface area contributed by atoms with Gasteiger partial charge < -0.3 is 15.5 Å². The molecule has 1 aliphatic rings. The van der Waals surface area contributed by atoms with Crippen molar-refractivity contribution in [1.29, 1.82) is 0 Å². The SMILES string of the molecule is CN=C(NCCCN1CCCCC1C)NCc1ccc(S(C)(=O)=O)cc1. The summed E-state index contributed by atoms with van der Waals surface area (Å²) in [6.07, 6.45) is 6.30. The van der Waals surface area contributed by atoms with Crippen LogP contribution in [-0.2, 0) is 16.4 Å². The third kappa shape index (κ3) is 6.61. The molecule has 0 aliphatic carbocycles. The number of likely N-dealkylation sites (tertiary alicyclic amines) is 1. The zero-order valence-corrected chi connectivity index (χ0v) is 17.0. The highest BCUT2D eigenvalue weighted by Crippen LogP contribution is 2.16. The van der Waals surface area contributed by atoms with Crippen LogP contribution in [0, 0.1) is 0 Å². The van der Waals surface area contributed by atoms with E-state index in [4.69, 9.17) is 0 Å². The summed E-state index contributed by atoms with van der Waals surface area (Å²) in [7, 11) is -1.39. The Morgan fingerprint density at radius 2 is 1.96 bits per heavy atom. The van der Waals surface area contributed by atoms with Crippen molar-refractivity contribution in [2.24, 2.45) is 4.99 Å². The summed E-state index contributed by atoms with van der Waals surface area (Å²) in [4.78, 5) is 7.16. The van der Waals surface area contributed by atoms with Crippen molar-refractivity contribution in [2.75, 3.05) is 32.9 Å². The Bertz CT molecular complexity index is 686. The van der Waals surface area contributed by atoms with Crippen molar-refractivity contribution in [3.63, 3.8) is 0 Å². The molecule has 1 aromatic carbocycles. The lowest BCUT2D eigenvalue weighted by atomic mass is 10.0. The molecule has 146 valence electrons. The molecule has 1 aromatic rings. The molecule has 1 unspecified atom stereocenters. The van der Waals surface area contributed by atoms with Gasteiger partial charge in [0, 0.05) is 39.0 Å². The van der Waals surface area contributed by atoms with Crippen LogP contribution in [0.3, 0.4) is 0 Å². The number of hydrogen-bond donors (Lipinski definition) is 2. The number of hydrogen-bond acceptors (Lipinski definition) is 4. The maximum absolute atomic E-state index is 11.5. The summed E-state index contributed by atoms with van der Waals surface area (Å²) in [5.74, 6) is 0.767. The minimum atomic E-state index is -3.14. The molecule has 1 fully saturated rings. The lowest BCUT2D eigenvalue weighted by molar-refractivity contribution is 0.159. The van der Waals surface area contributed by atoms with E-state index < -0.39 is 9.84 Å². The number of guanidine groups is 1. The molecule has 1 atom stereocenters. The molecular weight excluding hydrogens is 348 g/mol. The molecule has 0 spiro atoms. The molecule has 2 rings (SSSR count). The van der Waals surface area contributed by atoms with Gasteiger partial charge in [-0.05, 0) is 50.4 Å². The Hall–Kier alpha value is -1.60. The fourth-order valence-corrected chi connectivity index (χ4v) is 3.87. The number of nitrogens with one attached hydrogen (secondary N) is 2. The van der Waals surface area contributed by atoms with Crippen LogP contribution in [0.2, 0.25) is 0 Å². The van der Waals surface area contributed by atoms with Gasteiger partial charge in [-0.3, -0.25) is 4.99 Å². The summed E-state index contributed by atoms with van der Waals surface area (Å²) in [6.45, 7) is 6.15. The first kappa shape index (κ1) is 20.7. The first-order valence-electron chi connectivity index (χ1n) is 9.37. The number of benzene rings is 1. The maximum Gasteiger partial charge on any atom is 0.191 e. The summed E-state index contributed by atoms with van der Waals surface area (Å²) in [5, 5.41) is 6.61. The average Bonchev–Trinajstić information content (AvgIpc) is 2.62. The van der Waals surface area contributed by atoms with Crippen LogP contribution in [0.25, 0.3) is 0 Å². The maximum atomic E-state index is 11.5. The number of piperidine rings is 1.